The molecule has 0 bridgehead atoms. The largest absolute Gasteiger partial charge is 0.481 e. The van der Waals surface area contributed by atoms with Gasteiger partial charge in [-0.1, -0.05) is 45.4 Å². The van der Waals surface area contributed by atoms with E-state index in [1.807, 2.05) is 0 Å². The molecule has 0 amide bonds. The first-order valence-electron chi connectivity index (χ1n) is 6.82. The molecule has 0 spiro atoms. The number of aromatic nitrogens is 2. The average Bonchev–Trinajstić information content (AvgIpc) is 2.94. The van der Waals surface area contributed by atoms with Crippen molar-refractivity contribution in [3.05, 3.63) is 11.8 Å². The van der Waals surface area contributed by atoms with Crippen LogP contribution in [0.3, 0.4) is 0 Å². The monoisotopic (exact) mass is 282 g/mol. The van der Waals surface area contributed by atoms with Crippen molar-refractivity contribution in [1.82, 2.24) is 9.78 Å². The van der Waals surface area contributed by atoms with E-state index in [1.54, 1.807) is 0 Å². The molecule has 0 saturated heterocycles. The second-order valence-electron chi connectivity index (χ2n) is 6.18. The van der Waals surface area contributed by atoms with Crippen LogP contribution in [0.2, 0.25) is 0 Å². The van der Waals surface area contributed by atoms with Gasteiger partial charge in [0.2, 0.25) is 0 Å². The summed E-state index contributed by atoms with van der Waals surface area (Å²) in [4.78, 5) is 10.8. The Bertz CT molecular complexity index is 457. The summed E-state index contributed by atoms with van der Waals surface area (Å²) in [5.74, 6) is -0.677. The topological polar surface area (TPSA) is 55.1 Å². The van der Waals surface area contributed by atoms with Gasteiger partial charge in [0.15, 0.2) is 0 Å². The van der Waals surface area contributed by atoms with Gasteiger partial charge < -0.3 is 5.11 Å². The van der Waals surface area contributed by atoms with Gasteiger partial charge in [-0.05, 0) is 18.9 Å². The number of aliphatic carboxylic acids is 1. The third-order valence-corrected chi connectivity index (χ3v) is 4.48. The van der Waals surface area contributed by atoms with Gasteiger partial charge >= 0.3 is 5.97 Å². The summed E-state index contributed by atoms with van der Waals surface area (Å²) in [7, 11) is 0. The van der Waals surface area contributed by atoms with E-state index < -0.39 is 5.97 Å². The molecule has 5 heteroatoms. The van der Waals surface area contributed by atoms with Crippen LogP contribution in [0, 0.1) is 0 Å². The quantitative estimate of drug-likeness (QED) is 0.859. The molecule has 1 aliphatic carbocycles. The zero-order chi connectivity index (χ0) is 14.0. The predicted molar refractivity (Wildman–Crippen MR) is 76.8 cm³/mol. The van der Waals surface area contributed by atoms with Crippen molar-refractivity contribution in [3.8, 4) is 0 Å². The standard InChI is InChI=1S/C14H22N2O2S/c1-14(2,3)11-8-12(19-9-13(17)18)16(15-11)10-6-4-5-7-10/h8,10H,4-7,9H2,1-3H3,(H,17,18). The Kier molecular flexibility index (Phi) is 4.23. The summed E-state index contributed by atoms with van der Waals surface area (Å²) >= 11 is 1.38. The number of nitrogens with zero attached hydrogens (tertiary/aromatic N) is 2. The molecule has 1 aliphatic rings. The van der Waals surface area contributed by atoms with Crippen LogP contribution in [-0.2, 0) is 10.2 Å². The van der Waals surface area contributed by atoms with E-state index in [9.17, 15) is 4.79 Å². The summed E-state index contributed by atoms with van der Waals surface area (Å²) in [6, 6.07) is 2.51. The fourth-order valence-electron chi connectivity index (χ4n) is 2.40. The first-order valence-corrected chi connectivity index (χ1v) is 7.81. The third kappa shape index (κ3) is 3.53. The van der Waals surface area contributed by atoms with E-state index in [1.165, 1.54) is 24.6 Å². The van der Waals surface area contributed by atoms with Crippen LogP contribution >= 0.6 is 11.8 Å². The molecule has 0 unspecified atom stereocenters. The molecular weight excluding hydrogens is 260 g/mol. The Hall–Kier alpha value is -0.970. The van der Waals surface area contributed by atoms with E-state index in [4.69, 9.17) is 10.2 Å². The summed E-state index contributed by atoms with van der Waals surface area (Å²) in [6.07, 6.45) is 4.81. The molecule has 1 fully saturated rings. The predicted octanol–water partition coefficient (Wildman–Crippen LogP) is 3.47. The highest BCUT2D eigenvalue weighted by atomic mass is 32.2. The van der Waals surface area contributed by atoms with Gasteiger partial charge in [0.1, 0.15) is 0 Å². The number of carboxylic acid groups (broad SMARTS) is 1. The van der Waals surface area contributed by atoms with Crippen LogP contribution in [0.25, 0.3) is 0 Å². The molecular formula is C14H22N2O2S. The Morgan fingerprint density at radius 2 is 2.11 bits per heavy atom. The highest BCUT2D eigenvalue weighted by Gasteiger charge is 2.25. The van der Waals surface area contributed by atoms with Crippen molar-refractivity contribution in [2.75, 3.05) is 5.75 Å². The summed E-state index contributed by atoms with van der Waals surface area (Å²) < 4.78 is 2.07. The number of hydrogen-bond donors (Lipinski definition) is 1. The fraction of sp³-hybridized carbons (Fsp3) is 0.714. The molecule has 1 N–H and O–H groups in total. The van der Waals surface area contributed by atoms with E-state index in [0.717, 1.165) is 23.6 Å². The maximum Gasteiger partial charge on any atom is 0.313 e. The number of carbonyl (C=O) groups is 1. The highest BCUT2D eigenvalue weighted by molar-refractivity contribution is 7.99. The Labute approximate surface area is 118 Å². The molecule has 4 nitrogen and oxygen atoms in total. The highest BCUT2D eigenvalue weighted by Crippen LogP contribution is 2.35. The Morgan fingerprint density at radius 3 is 2.63 bits per heavy atom. The van der Waals surface area contributed by atoms with E-state index in [2.05, 4.69) is 31.5 Å². The van der Waals surface area contributed by atoms with Crippen LogP contribution in [0.1, 0.15) is 58.2 Å². The smallest absolute Gasteiger partial charge is 0.313 e. The Morgan fingerprint density at radius 1 is 1.47 bits per heavy atom. The molecule has 0 atom stereocenters. The number of carboxylic acids is 1. The lowest BCUT2D eigenvalue weighted by molar-refractivity contribution is -0.133. The van der Waals surface area contributed by atoms with Crippen molar-refractivity contribution in [2.24, 2.45) is 0 Å². The van der Waals surface area contributed by atoms with Crippen molar-refractivity contribution in [3.63, 3.8) is 0 Å². The van der Waals surface area contributed by atoms with Gasteiger partial charge in [-0.25, -0.2) is 0 Å². The van der Waals surface area contributed by atoms with Gasteiger partial charge in [0.05, 0.1) is 22.5 Å². The van der Waals surface area contributed by atoms with Gasteiger partial charge in [0, 0.05) is 5.41 Å². The van der Waals surface area contributed by atoms with Crippen LogP contribution in [0.15, 0.2) is 11.1 Å². The normalized spacial score (nSPS) is 17.0. The fourth-order valence-corrected chi connectivity index (χ4v) is 3.19. The zero-order valence-electron chi connectivity index (χ0n) is 11.8. The van der Waals surface area contributed by atoms with Crippen LogP contribution in [0.5, 0.6) is 0 Å². The summed E-state index contributed by atoms with van der Waals surface area (Å²) in [5, 5.41) is 14.6. The minimum atomic E-state index is -0.776. The maximum atomic E-state index is 10.8. The molecule has 1 heterocycles. The van der Waals surface area contributed by atoms with Crippen LogP contribution in [0.4, 0.5) is 0 Å². The first-order chi connectivity index (χ1) is 8.88. The SMILES string of the molecule is CC(C)(C)c1cc(SCC(=O)O)n(C2CCCC2)n1. The van der Waals surface area contributed by atoms with Crippen molar-refractivity contribution in [2.45, 2.75) is 62.9 Å². The minimum Gasteiger partial charge on any atom is -0.481 e. The zero-order valence-corrected chi connectivity index (χ0v) is 12.7. The molecule has 1 saturated carbocycles. The molecule has 0 aromatic carbocycles. The van der Waals surface area contributed by atoms with Crippen molar-refractivity contribution >= 4 is 17.7 Å². The van der Waals surface area contributed by atoms with E-state index in [-0.39, 0.29) is 11.2 Å². The van der Waals surface area contributed by atoms with Crippen molar-refractivity contribution in [1.29, 1.82) is 0 Å². The average molecular weight is 282 g/mol. The second-order valence-corrected chi connectivity index (χ2v) is 7.18. The molecule has 1 aromatic rings. The minimum absolute atomic E-state index is 0.00237. The van der Waals surface area contributed by atoms with Gasteiger partial charge in [0.25, 0.3) is 0 Å². The Balaban J connectivity index is 2.26. The van der Waals surface area contributed by atoms with Gasteiger partial charge in [-0.15, -0.1) is 0 Å². The number of thioether (sulfide) groups is 1. The van der Waals surface area contributed by atoms with Gasteiger partial charge in [-0.3, -0.25) is 9.48 Å². The molecule has 106 valence electrons. The summed E-state index contributed by atoms with van der Waals surface area (Å²) in [6.45, 7) is 6.42. The van der Waals surface area contributed by atoms with Gasteiger partial charge in [-0.2, -0.15) is 5.10 Å². The lowest BCUT2D eigenvalue weighted by Gasteiger charge is -2.16. The molecule has 19 heavy (non-hydrogen) atoms. The summed E-state index contributed by atoms with van der Waals surface area (Å²) in [5.41, 5.74) is 1.05. The van der Waals surface area contributed by atoms with Crippen molar-refractivity contribution < 1.29 is 9.90 Å². The van der Waals surface area contributed by atoms with Crippen LogP contribution in [-0.4, -0.2) is 26.6 Å². The third-order valence-electron chi connectivity index (χ3n) is 3.48. The van der Waals surface area contributed by atoms with E-state index >= 15 is 0 Å². The maximum absolute atomic E-state index is 10.8. The molecule has 0 aliphatic heterocycles. The van der Waals surface area contributed by atoms with Crippen LogP contribution < -0.4 is 0 Å². The molecule has 1 aromatic heterocycles. The molecule has 2 rings (SSSR count). The second kappa shape index (κ2) is 5.57. The lowest BCUT2D eigenvalue weighted by Crippen LogP contribution is -2.14. The molecule has 0 radical (unpaired) electrons. The first kappa shape index (κ1) is 14.4. The number of rotatable bonds is 4. The lowest BCUT2D eigenvalue weighted by atomic mass is 9.93. The van der Waals surface area contributed by atoms with E-state index in [0.29, 0.717) is 6.04 Å². The number of hydrogen-bond acceptors (Lipinski definition) is 3.